The van der Waals surface area contributed by atoms with Crippen molar-refractivity contribution < 1.29 is 9.53 Å². The summed E-state index contributed by atoms with van der Waals surface area (Å²) in [6.07, 6.45) is 4.83. The van der Waals surface area contributed by atoms with E-state index in [9.17, 15) is 4.79 Å². The Labute approximate surface area is 138 Å². The van der Waals surface area contributed by atoms with Crippen LogP contribution < -0.4 is 10.2 Å². The molecule has 0 spiro atoms. The van der Waals surface area contributed by atoms with Gasteiger partial charge in [-0.1, -0.05) is 18.2 Å². The quantitative estimate of drug-likeness (QED) is 0.557. The molecule has 1 aromatic carbocycles. The zero-order valence-corrected chi connectivity index (χ0v) is 12.9. The van der Waals surface area contributed by atoms with Gasteiger partial charge in [-0.25, -0.2) is 5.43 Å². The maximum Gasteiger partial charge on any atom is 0.289 e. The van der Waals surface area contributed by atoms with Gasteiger partial charge in [0.1, 0.15) is 11.4 Å². The summed E-state index contributed by atoms with van der Waals surface area (Å²) in [5.41, 5.74) is 4.95. The summed E-state index contributed by atoms with van der Waals surface area (Å²) < 4.78 is 5.30. The van der Waals surface area contributed by atoms with Crippen molar-refractivity contribution in [3.8, 4) is 17.0 Å². The highest BCUT2D eigenvalue weighted by Gasteiger charge is 2.13. The second-order valence-corrected chi connectivity index (χ2v) is 4.85. The minimum Gasteiger partial charge on any atom is -0.496 e. The largest absolute Gasteiger partial charge is 0.496 e. The van der Waals surface area contributed by atoms with Crippen molar-refractivity contribution in [3.63, 3.8) is 0 Å². The van der Waals surface area contributed by atoms with Gasteiger partial charge in [-0.2, -0.15) is 10.2 Å². The summed E-state index contributed by atoms with van der Waals surface area (Å²) >= 11 is 0. The van der Waals surface area contributed by atoms with Crippen molar-refractivity contribution in [2.45, 2.75) is 0 Å². The van der Waals surface area contributed by atoms with Gasteiger partial charge in [0, 0.05) is 23.5 Å². The van der Waals surface area contributed by atoms with Crippen molar-refractivity contribution in [3.05, 3.63) is 66.1 Å². The van der Waals surface area contributed by atoms with Crippen LogP contribution in [0.4, 0.5) is 0 Å². The third kappa shape index (κ3) is 3.46. The number of aromatic amines is 1. The van der Waals surface area contributed by atoms with E-state index in [4.69, 9.17) is 4.74 Å². The van der Waals surface area contributed by atoms with E-state index in [0.29, 0.717) is 17.1 Å². The smallest absolute Gasteiger partial charge is 0.289 e. The number of hydrogen-bond donors (Lipinski definition) is 2. The second kappa shape index (κ2) is 7.19. The Kier molecular flexibility index (Phi) is 4.62. The molecule has 3 rings (SSSR count). The molecule has 0 radical (unpaired) electrons. The number of rotatable bonds is 5. The third-order valence-corrected chi connectivity index (χ3v) is 3.27. The molecule has 0 aliphatic heterocycles. The maximum atomic E-state index is 12.1. The molecule has 1 amide bonds. The molecule has 0 unspecified atom stereocenters. The first kappa shape index (κ1) is 15.4. The Morgan fingerprint density at radius 1 is 1.29 bits per heavy atom. The number of aromatic nitrogens is 3. The van der Waals surface area contributed by atoms with Crippen molar-refractivity contribution in [2.75, 3.05) is 7.11 Å². The first-order valence-electron chi connectivity index (χ1n) is 7.20. The monoisotopic (exact) mass is 321 g/mol. The molecule has 0 atom stereocenters. The van der Waals surface area contributed by atoms with Gasteiger partial charge in [-0.05, 0) is 24.3 Å². The van der Waals surface area contributed by atoms with Gasteiger partial charge in [0.25, 0.3) is 5.91 Å². The van der Waals surface area contributed by atoms with Crippen LogP contribution in [-0.2, 0) is 0 Å². The Bertz CT molecular complexity index is 858. The molecule has 3 aromatic rings. The van der Waals surface area contributed by atoms with Gasteiger partial charge < -0.3 is 4.74 Å². The molecule has 0 aliphatic carbocycles. The SMILES string of the molecule is COc1ccccc1-c1cc(C(=O)N/N=C/c2cccnc2)[nH]n1. The summed E-state index contributed by atoms with van der Waals surface area (Å²) in [6.45, 7) is 0. The zero-order valence-electron chi connectivity index (χ0n) is 12.9. The lowest BCUT2D eigenvalue weighted by molar-refractivity contribution is 0.0950. The standard InChI is InChI=1S/C17H15N5O2/c1-24-16-7-3-2-6-13(16)14-9-15(21-20-14)17(23)22-19-11-12-5-4-8-18-10-12/h2-11H,1H3,(H,20,21)(H,22,23)/b19-11+. The molecule has 0 fully saturated rings. The van der Waals surface area contributed by atoms with Crippen molar-refractivity contribution in [1.29, 1.82) is 0 Å². The van der Waals surface area contributed by atoms with Crippen LogP contribution in [-0.4, -0.2) is 34.4 Å². The van der Waals surface area contributed by atoms with Gasteiger partial charge in [-0.15, -0.1) is 0 Å². The number of carbonyl (C=O) groups is 1. The van der Waals surface area contributed by atoms with Crippen molar-refractivity contribution in [2.24, 2.45) is 5.10 Å². The summed E-state index contributed by atoms with van der Waals surface area (Å²) in [5.74, 6) is 0.300. The highest BCUT2D eigenvalue weighted by molar-refractivity contribution is 5.94. The van der Waals surface area contributed by atoms with Crippen LogP contribution in [0.25, 0.3) is 11.3 Å². The number of nitrogens with one attached hydrogen (secondary N) is 2. The number of nitrogens with zero attached hydrogens (tertiary/aromatic N) is 3. The first-order valence-corrected chi connectivity index (χ1v) is 7.20. The molecule has 0 saturated heterocycles. The number of benzene rings is 1. The van der Waals surface area contributed by atoms with Crippen LogP contribution in [0.15, 0.2) is 60.0 Å². The third-order valence-electron chi connectivity index (χ3n) is 3.27. The van der Waals surface area contributed by atoms with Crippen LogP contribution in [0.3, 0.4) is 0 Å². The lowest BCUT2D eigenvalue weighted by atomic mass is 10.1. The minimum absolute atomic E-state index is 0.305. The fourth-order valence-electron chi connectivity index (χ4n) is 2.11. The number of amides is 1. The normalized spacial score (nSPS) is 10.7. The van der Waals surface area contributed by atoms with Gasteiger partial charge >= 0.3 is 0 Å². The highest BCUT2D eigenvalue weighted by atomic mass is 16.5. The highest BCUT2D eigenvalue weighted by Crippen LogP contribution is 2.28. The Morgan fingerprint density at radius 2 is 2.17 bits per heavy atom. The van der Waals surface area contributed by atoms with E-state index < -0.39 is 0 Å². The lowest BCUT2D eigenvalue weighted by Crippen LogP contribution is -2.18. The zero-order chi connectivity index (χ0) is 16.8. The predicted molar refractivity (Wildman–Crippen MR) is 89.9 cm³/mol. The van der Waals surface area contributed by atoms with Gasteiger partial charge in [-0.3, -0.25) is 14.9 Å². The Hall–Kier alpha value is -3.48. The topological polar surface area (TPSA) is 92.3 Å². The summed E-state index contributed by atoms with van der Waals surface area (Å²) in [6, 6.07) is 12.7. The molecule has 0 aliphatic rings. The number of pyridine rings is 1. The summed E-state index contributed by atoms with van der Waals surface area (Å²) in [7, 11) is 1.59. The van der Waals surface area contributed by atoms with E-state index >= 15 is 0 Å². The van der Waals surface area contributed by atoms with E-state index in [1.165, 1.54) is 6.21 Å². The average Bonchev–Trinajstić information content (AvgIpc) is 3.12. The summed E-state index contributed by atoms with van der Waals surface area (Å²) in [4.78, 5) is 16.1. The molecule has 24 heavy (non-hydrogen) atoms. The number of para-hydroxylation sites is 1. The van der Waals surface area contributed by atoms with Gasteiger partial charge in [0.2, 0.25) is 0 Å². The number of ether oxygens (including phenoxy) is 1. The lowest BCUT2D eigenvalue weighted by Gasteiger charge is -2.04. The van der Waals surface area contributed by atoms with Gasteiger partial charge in [0.05, 0.1) is 19.0 Å². The van der Waals surface area contributed by atoms with E-state index in [1.54, 1.807) is 31.6 Å². The second-order valence-electron chi connectivity index (χ2n) is 4.85. The Morgan fingerprint density at radius 3 is 2.96 bits per heavy atom. The molecule has 7 heteroatoms. The maximum absolute atomic E-state index is 12.1. The predicted octanol–water partition coefficient (Wildman–Crippen LogP) is 2.24. The molecule has 0 saturated carbocycles. The van der Waals surface area contributed by atoms with E-state index in [0.717, 1.165) is 11.1 Å². The molecule has 120 valence electrons. The van der Waals surface area contributed by atoms with E-state index in [1.807, 2.05) is 30.3 Å². The van der Waals surface area contributed by atoms with Crippen LogP contribution in [0.5, 0.6) is 5.75 Å². The number of carbonyl (C=O) groups excluding carboxylic acids is 1. The van der Waals surface area contributed by atoms with Crippen molar-refractivity contribution >= 4 is 12.1 Å². The number of hydrazone groups is 1. The molecular formula is C17H15N5O2. The van der Waals surface area contributed by atoms with Crippen molar-refractivity contribution in [1.82, 2.24) is 20.6 Å². The molecule has 0 bridgehead atoms. The van der Waals surface area contributed by atoms with Crippen LogP contribution in [0.1, 0.15) is 16.1 Å². The van der Waals surface area contributed by atoms with Crippen LogP contribution in [0.2, 0.25) is 0 Å². The fraction of sp³-hybridized carbons (Fsp3) is 0.0588. The van der Waals surface area contributed by atoms with E-state index in [2.05, 4.69) is 25.7 Å². The number of H-pyrrole nitrogens is 1. The van der Waals surface area contributed by atoms with Gasteiger partial charge in [0.15, 0.2) is 0 Å². The van der Waals surface area contributed by atoms with Crippen LogP contribution >= 0.6 is 0 Å². The minimum atomic E-state index is -0.385. The van der Waals surface area contributed by atoms with E-state index in [-0.39, 0.29) is 5.91 Å². The number of hydrogen-bond acceptors (Lipinski definition) is 5. The molecule has 2 N–H and O–H groups in total. The Balaban J connectivity index is 1.71. The fourth-order valence-corrected chi connectivity index (χ4v) is 2.11. The van der Waals surface area contributed by atoms with Crippen LogP contribution in [0, 0.1) is 0 Å². The first-order chi connectivity index (χ1) is 11.8. The molecular weight excluding hydrogens is 306 g/mol. The average molecular weight is 321 g/mol. The summed E-state index contributed by atoms with van der Waals surface area (Å²) in [5, 5.41) is 10.8. The number of methoxy groups -OCH3 is 1. The molecule has 7 nitrogen and oxygen atoms in total. The molecule has 2 heterocycles. The molecule has 2 aromatic heterocycles.